The molecule has 0 aliphatic heterocycles. The first-order valence-electron chi connectivity index (χ1n) is 5.27. The van der Waals surface area contributed by atoms with E-state index in [1.54, 1.807) is 6.07 Å². The predicted molar refractivity (Wildman–Crippen MR) is 66.4 cm³/mol. The van der Waals surface area contributed by atoms with Gasteiger partial charge < -0.3 is 9.15 Å². The van der Waals surface area contributed by atoms with Crippen molar-refractivity contribution in [3.8, 4) is 5.75 Å². The van der Waals surface area contributed by atoms with E-state index in [1.807, 2.05) is 4.72 Å². The monoisotopic (exact) mass is 281 g/mol. The van der Waals surface area contributed by atoms with Crippen LogP contribution in [-0.4, -0.2) is 21.4 Å². The molecule has 0 saturated heterocycles. The van der Waals surface area contributed by atoms with Crippen molar-refractivity contribution in [3.05, 3.63) is 48.4 Å². The molecule has 100 valence electrons. The second kappa shape index (κ2) is 5.15. The predicted octanol–water partition coefficient (Wildman–Crippen LogP) is 1.41. The summed E-state index contributed by atoms with van der Waals surface area (Å²) < 4.78 is 35.6. The molecule has 0 atom stereocenters. The van der Waals surface area contributed by atoms with Gasteiger partial charge in [0.25, 0.3) is 10.0 Å². The molecule has 7 heteroatoms. The van der Waals surface area contributed by atoms with Crippen LogP contribution < -0.4 is 9.46 Å². The quantitative estimate of drug-likeness (QED) is 0.915. The van der Waals surface area contributed by atoms with Crippen molar-refractivity contribution in [2.24, 2.45) is 0 Å². The Morgan fingerprint density at radius 2 is 2.05 bits per heavy atom. The number of carbonyl (C=O) groups excluding carboxylic acids is 1. The largest absolute Gasteiger partial charge is 0.497 e. The van der Waals surface area contributed by atoms with E-state index >= 15 is 0 Å². The SMILES string of the molecule is COc1cccc(S(=O)(=O)NC(=O)c2ccco2)c1. The number of hydrogen-bond donors (Lipinski definition) is 1. The fourth-order valence-corrected chi connectivity index (χ4v) is 2.40. The van der Waals surface area contributed by atoms with Gasteiger partial charge in [0.05, 0.1) is 18.3 Å². The van der Waals surface area contributed by atoms with Crippen LogP contribution in [0.25, 0.3) is 0 Å². The van der Waals surface area contributed by atoms with E-state index in [4.69, 9.17) is 9.15 Å². The van der Waals surface area contributed by atoms with Crippen LogP contribution in [0.1, 0.15) is 10.6 Å². The number of nitrogens with one attached hydrogen (secondary N) is 1. The average Bonchev–Trinajstić information content (AvgIpc) is 2.92. The van der Waals surface area contributed by atoms with Crippen LogP contribution in [0, 0.1) is 0 Å². The summed E-state index contributed by atoms with van der Waals surface area (Å²) in [6, 6.07) is 8.67. The van der Waals surface area contributed by atoms with Crippen LogP contribution in [0.4, 0.5) is 0 Å². The number of furan rings is 1. The highest BCUT2D eigenvalue weighted by Gasteiger charge is 2.20. The summed E-state index contributed by atoms with van der Waals surface area (Å²) in [5.41, 5.74) is 0. The minimum absolute atomic E-state index is 0.0632. The molecule has 1 aromatic carbocycles. The topological polar surface area (TPSA) is 85.6 Å². The first-order chi connectivity index (χ1) is 9.03. The minimum atomic E-state index is -3.96. The second-order valence-corrected chi connectivity index (χ2v) is 5.27. The highest BCUT2D eigenvalue weighted by molar-refractivity contribution is 7.90. The van der Waals surface area contributed by atoms with Crippen LogP contribution in [-0.2, 0) is 10.0 Å². The van der Waals surface area contributed by atoms with Gasteiger partial charge in [-0.15, -0.1) is 0 Å². The molecule has 0 spiro atoms. The van der Waals surface area contributed by atoms with Crippen LogP contribution in [0.3, 0.4) is 0 Å². The lowest BCUT2D eigenvalue weighted by Gasteiger charge is -2.06. The fourth-order valence-electron chi connectivity index (χ4n) is 1.41. The highest BCUT2D eigenvalue weighted by Crippen LogP contribution is 2.17. The van der Waals surface area contributed by atoms with Gasteiger partial charge in [-0.3, -0.25) is 4.79 Å². The molecule has 19 heavy (non-hydrogen) atoms. The third kappa shape index (κ3) is 2.94. The Kier molecular flexibility index (Phi) is 3.57. The van der Waals surface area contributed by atoms with Crippen molar-refractivity contribution in [1.29, 1.82) is 0 Å². The second-order valence-electron chi connectivity index (χ2n) is 3.59. The van der Waals surface area contributed by atoms with Gasteiger partial charge in [-0.2, -0.15) is 0 Å². The van der Waals surface area contributed by atoms with Gasteiger partial charge in [0.2, 0.25) is 0 Å². The zero-order valence-corrected chi connectivity index (χ0v) is 10.8. The minimum Gasteiger partial charge on any atom is -0.497 e. The first-order valence-corrected chi connectivity index (χ1v) is 6.76. The van der Waals surface area contributed by atoms with Gasteiger partial charge in [0, 0.05) is 6.07 Å². The fraction of sp³-hybridized carbons (Fsp3) is 0.0833. The van der Waals surface area contributed by atoms with Gasteiger partial charge >= 0.3 is 5.91 Å². The maximum Gasteiger partial charge on any atom is 0.300 e. The lowest BCUT2D eigenvalue weighted by atomic mass is 10.3. The molecular weight excluding hydrogens is 270 g/mol. The maximum absolute atomic E-state index is 12.0. The summed E-state index contributed by atoms with van der Waals surface area (Å²) in [7, 11) is -2.53. The van der Waals surface area contributed by atoms with E-state index in [0.29, 0.717) is 5.75 Å². The van der Waals surface area contributed by atoms with Crippen molar-refractivity contribution in [2.45, 2.75) is 4.90 Å². The summed E-state index contributed by atoms with van der Waals surface area (Å²) in [5, 5.41) is 0. The maximum atomic E-state index is 12.0. The van der Waals surface area contributed by atoms with Gasteiger partial charge in [-0.05, 0) is 24.3 Å². The standard InChI is InChI=1S/C12H11NO5S/c1-17-9-4-2-5-10(8-9)19(15,16)13-12(14)11-6-3-7-18-11/h2-8H,1H3,(H,13,14). The van der Waals surface area contributed by atoms with E-state index in [1.165, 1.54) is 43.7 Å². The van der Waals surface area contributed by atoms with Crippen molar-refractivity contribution < 1.29 is 22.4 Å². The third-order valence-electron chi connectivity index (χ3n) is 2.32. The molecule has 0 unspecified atom stereocenters. The summed E-state index contributed by atoms with van der Waals surface area (Å²) in [4.78, 5) is 11.6. The molecule has 1 amide bonds. The Hall–Kier alpha value is -2.28. The molecule has 1 N–H and O–H groups in total. The molecule has 0 aliphatic rings. The number of ether oxygens (including phenoxy) is 1. The van der Waals surface area contributed by atoms with Crippen molar-refractivity contribution in [2.75, 3.05) is 7.11 Å². The summed E-state index contributed by atoms with van der Waals surface area (Å²) in [6.07, 6.45) is 1.28. The number of rotatable bonds is 4. The molecular formula is C12H11NO5S. The Morgan fingerprint density at radius 1 is 1.26 bits per heavy atom. The number of carbonyl (C=O) groups is 1. The smallest absolute Gasteiger partial charge is 0.300 e. The number of benzene rings is 1. The van der Waals surface area contributed by atoms with Crippen LogP contribution >= 0.6 is 0 Å². The molecule has 1 heterocycles. The van der Waals surface area contributed by atoms with Crippen molar-refractivity contribution in [3.63, 3.8) is 0 Å². The Morgan fingerprint density at radius 3 is 2.68 bits per heavy atom. The van der Waals surface area contributed by atoms with E-state index < -0.39 is 15.9 Å². The lowest BCUT2D eigenvalue weighted by Crippen LogP contribution is -2.30. The summed E-state index contributed by atoms with van der Waals surface area (Å²) >= 11 is 0. The Labute approximate surface area is 110 Å². The van der Waals surface area contributed by atoms with Crippen molar-refractivity contribution in [1.82, 2.24) is 4.72 Å². The molecule has 0 fully saturated rings. The molecule has 2 aromatic rings. The van der Waals surface area contributed by atoms with Crippen LogP contribution in [0.15, 0.2) is 52.0 Å². The van der Waals surface area contributed by atoms with Gasteiger partial charge in [-0.1, -0.05) is 6.07 Å². The van der Waals surface area contributed by atoms with Crippen LogP contribution in [0.5, 0.6) is 5.75 Å². The van der Waals surface area contributed by atoms with Gasteiger partial charge in [0.1, 0.15) is 5.75 Å². The van der Waals surface area contributed by atoms with E-state index in [9.17, 15) is 13.2 Å². The first kappa shape index (κ1) is 13.2. The molecule has 1 aromatic heterocycles. The molecule has 0 saturated carbocycles. The van der Waals surface area contributed by atoms with Gasteiger partial charge in [-0.25, -0.2) is 13.1 Å². The highest BCUT2D eigenvalue weighted by atomic mass is 32.2. The van der Waals surface area contributed by atoms with E-state index in [2.05, 4.69) is 0 Å². The molecule has 6 nitrogen and oxygen atoms in total. The lowest BCUT2D eigenvalue weighted by molar-refractivity contribution is 0.0954. The number of hydrogen-bond acceptors (Lipinski definition) is 5. The van der Waals surface area contributed by atoms with Crippen LogP contribution in [0.2, 0.25) is 0 Å². The number of methoxy groups -OCH3 is 1. The summed E-state index contributed by atoms with van der Waals surface area (Å²) in [5.74, 6) is -0.521. The summed E-state index contributed by atoms with van der Waals surface area (Å²) in [6.45, 7) is 0. The molecule has 0 aliphatic carbocycles. The zero-order valence-electron chi connectivity index (χ0n) is 9.99. The average molecular weight is 281 g/mol. The van der Waals surface area contributed by atoms with E-state index in [-0.39, 0.29) is 10.7 Å². The Bertz CT molecular complexity index is 676. The molecule has 0 radical (unpaired) electrons. The van der Waals surface area contributed by atoms with E-state index in [0.717, 1.165) is 0 Å². The molecule has 2 rings (SSSR count). The zero-order chi connectivity index (χ0) is 13.9. The number of amides is 1. The van der Waals surface area contributed by atoms with Crippen molar-refractivity contribution >= 4 is 15.9 Å². The van der Waals surface area contributed by atoms with Gasteiger partial charge in [0.15, 0.2) is 5.76 Å². The normalized spacial score (nSPS) is 11.0. The number of sulfonamides is 1. The Balaban J connectivity index is 2.25. The molecule has 0 bridgehead atoms. The third-order valence-corrected chi connectivity index (χ3v) is 3.65.